The van der Waals surface area contributed by atoms with E-state index in [0.717, 1.165) is 21.2 Å². The number of hydrogen-bond acceptors (Lipinski definition) is 4. The maximum Gasteiger partial charge on any atom is 0.265 e. The number of hydrogen-bond donors (Lipinski definition) is 1. The summed E-state index contributed by atoms with van der Waals surface area (Å²) < 4.78 is 27.3. The molecule has 1 amide bonds. The van der Waals surface area contributed by atoms with Crippen LogP contribution in [0, 0.1) is 6.92 Å². The van der Waals surface area contributed by atoms with Gasteiger partial charge >= 0.3 is 0 Å². The first-order chi connectivity index (χ1) is 15.2. The van der Waals surface area contributed by atoms with E-state index in [1.165, 1.54) is 21.9 Å². The third-order valence-corrected chi connectivity index (χ3v) is 7.43. The highest BCUT2D eigenvalue weighted by Crippen LogP contribution is 2.31. The van der Waals surface area contributed by atoms with E-state index in [0.29, 0.717) is 21.3 Å². The topological polar surface area (TPSA) is 66.5 Å². The Bertz CT molecular complexity index is 1400. The molecule has 1 N–H and O–H groups in total. The molecule has 0 radical (unpaired) electrons. The number of aryl methyl sites for hydroxylation is 1. The lowest BCUT2D eigenvalue weighted by atomic mass is 10.1. The highest BCUT2D eigenvalue weighted by molar-refractivity contribution is 7.92. The Balaban J connectivity index is 1.63. The molecule has 0 atom stereocenters. The van der Waals surface area contributed by atoms with E-state index in [2.05, 4.69) is 5.32 Å². The Labute approximate surface area is 196 Å². The number of anilines is 2. The molecule has 0 saturated heterocycles. The normalized spacial score (nSPS) is 11.5. The second-order valence-corrected chi connectivity index (χ2v) is 11.0. The van der Waals surface area contributed by atoms with Crippen LogP contribution in [0.1, 0.15) is 20.8 Å². The Kier molecular flexibility index (Phi) is 6.24. The molecule has 1 aromatic heterocycles. The summed E-state index contributed by atoms with van der Waals surface area (Å²) in [6.45, 7) is 2.22. The molecule has 32 heavy (non-hydrogen) atoms. The average molecular weight is 485 g/mol. The standard InChI is InChI=1S/C24H21ClN2O3S2/c1-16-6-8-17(9-7-16)15-27(32(2,29)30)21-10-11-22-18(12-21)13-23(31-22)24(28)26-20-5-3-4-19(25)14-20/h3-14H,15H2,1-2H3,(H,26,28). The predicted molar refractivity (Wildman–Crippen MR) is 133 cm³/mol. The van der Waals surface area contributed by atoms with Crippen molar-refractivity contribution >= 4 is 60.3 Å². The predicted octanol–water partition coefficient (Wildman–Crippen LogP) is 6.08. The largest absolute Gasteiger partial charge is 0.321 e. The van der Waals surface area contributed by atoms with Crippen molar-refractivity contribution in [3.05, 3.63) is 93.8 Å². The van der Waals surface area contributed by atoms with E-state index in [1.54, 1.807) is 42.5 Å². The quantitative estimate of drug-likeness (QED) is 0.360. The highest BCUT2D eigenvalue weighted by Gasteiger charge is 2.19. The zero-order valence-electron chi connectivity index (χ0n) is 17.5. The van der Waals surface area contributed by atoms with Gasteiger partial charge in [0, 0.05) is 15.4 Å². The van der Waals surface area contributed by atoms with Crippen LogP contribution in [0.5, 0.6) is 0 Å². The summed E-state index contributed by atoms with van der Waals surface area (Å²) in [7, 11) is -3.50. The van der Waals surface area contributed by atoms with E-state index < -0.39 is 10.0 Å². The molecule has 0 spiro atoms. The number of carbonyl (C=O) groups excluding carboxylic acids is 1. The van der Waals surface area contributed by atoms with E-state index in [-0.39, 0.29) is 12.5 Å². The first-order valence-electron chi connectivity index (χ1n) is 9.83. The van der Waals surface area contributed by atoms with E-state index in [4.69, 9.17) is 11.6 Å². The molecule has 0 saturated carbocycles. The van der Waals surface area contributed by atoms with Crippen molar-refractivity contribution in [2.24, 2.45) is 0 Å². The lowest BCUT2D eigenvalue weighted by Crippen LogP contribution is -2.29. The number of rotatable bonds is 6. The summed E-state index contributed by atoms with van der Waals surface area (Å²) >= 11 is 7.33. The van der Waals surface area contributed by atoms with Crippen LogP contribution in [0.25, 0.3) is 10.1 Å². The molecule has 1 heterocycles. The van der Waals surface area contributed by atoms with Crippen molar-refractivity contribution in [2.75, 3.05) is 15.9 Å². The van der Waals surface area contributed by atoms with Crippen molar-refractivity contribution in [1.29, 1.82) is 0 Å². The fraction of sp³-hybridized carbons (Fsp3) is 0.125. The van der Waals surface area contributed by atoms with Crippen LogP contribution in [0.4, 0.5) is 11.4 Å². The van der Waals surface area contributed by atoms with Gasteiger partial charge in [-0.25, -0.2) is 8.42 Å². The molecule has 0 unspecified atom stereocenters. The van der Waals surface area contributed by atoms with Crippen LogP contribution in [0.15, 0.2) is 72.8 Å². The smallest absolute Gasteiger partial charge is 0.265 e. The number of amides is 1. The number of fused-ring (bicyclic) bond motifs is 1. The highest BCUT2D eigenvalue weighted by atomic mass is 35.5. The minimum Gasteiger partial charge on any atom is -0.321 e. The van der Waals surface area contributed by atoms with Crippen LogP contribution in [-0.2, 0) is 16.6 Å². The summed E-state index contributed by atoms with van der Waals surface area (Å²) in [5.74, 6) is -0.241. The fourth-order valence-corrected chi connectivity index (χ4v) is 5.32. The maximum absolute atomic E-state index is 12.7. The number of nitrogens with zero attached hydrogens (tertiary/aromatic N) is 1. The van der Waals surface area contributed by atoms with Crippen LogP contribution in [0.2, 0.25) is 5.02 Å². The molecule has 164 valence electrons. The third-order valence-electron chi connectivity index (χ3n) is 4.94. The average Bonchev–Trinajstić information content (AvgIpc) is 3.16. The number of nitrogens with one attached hydrogen (secondary N) is 1. The zero-order valence-corrected chi connectivity index (χ0v) is 19.9. The lowest BCUT2D eigenvalue weighted by Gasteiger charge is -2.22. The van der Waals surface area contributed by atoms with Gasteiger partial charge in [-0.3, -0.25) is 9.10 Å². The van der Waals surface area contributed by atoms with Crippen LogP contribution < -0.4 is 9.62 Å². The number of halogens is 1. The van der Waals surface area contributed by atoms with Gasteiger partial charge in [0.25, 0.3) is 5.91 Å². The van der Waals surface area contributed by atoms with Crippen LogP contribution in [-0.4, -0.2) is 20.6 Å². The monoisotopic (exact) mass is 484 g/mol. The van der Waals surface area contributed by atoms with Crippen molar-refractivity contribution in [3.8, 4) is 0 Å². The number of thiophene rings is 1. The van der Waals surface area contributed by atoms with E-state index in [9.17, 15) is 13.2 Å². The van der Waals surface area contributed by atoms with E-state index >= 15 is 0 Å². The molecule has 8 heteroatoms. The molecule has 5 nitrogen and oxygen atoms in total. The van der Waals surface area contributed by atoms with Crippen molar-refractivity contribution < 1.29 is 13.2 Å². The molecule has 3 aromatic carbocycles. The lowest BCUT2D eigenvalue weighted by molar-refractivity contribution is 0.103. The molecule has 0 fully saturated rings. The molecule has 0 aliphatic rings. The maximum atomic E-state index is 12.7. The molecule has 4 rings (SSSR count). The van der Waals surface area contributed by atoms with Crippen LogP contribution >= 0.6 is 22.9 Å². The summed E-state index contributed by atoms with van der Waals surface area (Å²) in [5, 5.41) is 4.19. The van der Waals surface area contributed by atoms with E-state index in [1.807, 2.05) is 37.3 Å². The number of benzene rings is 3. The zero-order chi connectivity index (χ0) is 22.9. The van der Waals surface area contributed by atoms with Gasteiger partial charge in [-0.15, -0.1) is 11.3 Å². The van der Waals surface area contributed by atoms with Gasteiger partial charge in [-0.05, 0) is 60.3 Å². The van der Waals surface area contributed by atoms with Gasteiger partial charge in [-0.1, -0.05) is 47.5 Å². The summed E-state index contributed by atoms with van der Waals surface area (Å²) in [6, 6.07) is 21.9. The third kappa shape index (κ3) is 5.12. The first-order valence-corrected chi connectivity index (χ1v) is 12.9. The van der Waals surface area contributed by atoms with Gasteiger partial charge in [-0.2, -0.15) is 0 Å². The van der Waals surface area contributed by atoms with Gasteiger partial charge < -0.3 is 5.32 Å². The van der Waals surface area contributed by atoms with Crippen molar-refractivity contribution in [3.63, 3.8) is 0 Å². The number of sulfonamides is 1. The van der Waals surface area contributed by atoms with Gasteiger partial charge in [0.2, 0.25) is 10.0 Å². The fourth-order valence-electron chi connectivity index (χ4n) is 3.32. The molecular weight excluding hydrogens is 464 g/mol. The first kappa shape index (κ1) is 22.3. The van der Waals surface area contributed by atoms with Gasteiger partial charge in [0.05, 0.1) is 23.4 Å². The van der Waals surface area contributed by atoms with Crippen molar-refractivity contribution in [2.45, 2.75) is 13.5 Å². The molecular formula is C24H21ClN2O3S2. The second kappa shape index (κ2) is 8.94. The minimum absolute atomic E-state index is 0.233. The summed E-state index contributed by atoms with van der Waals surface area (Å²) in [6.07, 6.45) is 1.20. The Morgan fingerprint density at radius 3 is 2.47 bits per heavy atom. The number of carbonyl (C=O) groups is 1. The SMILES string of the molecule is Cc1ccc(CN(c2ccc3sc(C(=O)Nc4cccc(Cl)c4)cc3c2)S(C)(=O)=O)cc1. The Hall–Kier alpha value is -2.87. The van der Waals surface area contributed by atoms with Crippen molar-refractivity contribution in [1.82, 2.24) is 0 Å². The van der Waals surface area contributed by atoms with Gasteiger partial charge in [0.1, 0.15) is 0 Å². The Morgan fingerprint density at radius 2 is 1.78 bits per heavy atom. The Morgan fingerprint density at radius 1 is 1.03 bits per heavy atom. The summed E-state index contributed by atoms with van der Waals surface area (Å²) in [5.41, 5.74) is 3.18. The summed E-state index contributed by atoms with van der Waals surface area (Å²) in [4.78, 5) is 13.2. The van der Waals surface area contributed by atoms with Gasteiger partial charge in [0.15, 0.2) is 0 Å². The molecule has 4 aromatic rings. The second-order valence-electron chi connectivity index (χ2n) is 7.55. The molecule has 0 bridgehead atoms. The molecule has 0 aliphatic carbocycles. The minimum atomic E-state index is -3.50. The van der Waals surface area contributed by atoms with Crippen LogP contribution in [0.3, 0.4) is 0 Å². The molecule has 0 aliphatic heterocycles.